The maximum absolute atomic E-state index is 10.4. The first-order chi connectivity index (χ1) is 14.2. The highest BCUT2D eigenvalue weighted by atomic mass is 16.5. The van der Waals surface area contributed by atoms with Crippen molar-refractivity contribution in [3.63, 3.8) is 0 Å². The van der Waals surface area contributed by atoms with Crippen molar-refractivity contribution >= 4 is 0 Å². The number of hydrogen-bond donors (Lipinski definition) is 2. The zero-order chi connectivity index (χ0) is 20.1. The van der Waals surface area contributed by atoms with Crippen LogP contribution in [0, 0.1) is 0 Å². The summed E-state index contributed by atoms with van der Waals surface area (Å²) >= 11 is 0. The lowest BCUT2D eigenvalue weighted by molar-refractivity contribution is 0.140. The molecule has 4 rings (SSSR count). The van der Waals surface area contributed by atoms with Gasteiger partial charge in [-0.15, -0.1) is 0 Å². The summed E-state index contributed by atoms with van der Waals surface area (Å²) in [5, 5.41) is 13.9. The third-order valence-corrected chi connectivity index (χ3v) is 5.28. The molecular weight excluding hydrogens is 362 g/mol. The van der Waals surface area contributed by atoms with Gasteiger partial charge in [-0.1, -0.05) is 60.7 Å². The predicted molar refractivity (Wildman–Crippen MR) is 114 cm³/mol. The van der Waals surface area contributed by atoms with Gasteiger partial charge in [0.05, 0.1) is 18.8 Å². The lowest BCUT2D eigenvalue weighted by Crippen LogP contribution is -2.28. The summed E-state index contributed by atoms with van der Waals surface area (Å²) in [6.07, 6.45) is 0.303. The number of benzene rings is 3. The first-order valence-electron chi connectivity index (χ1n) is 10.2. The minimum absolute atomic E-state index is 0.0456. The fraction of sp³-hybridized carbons (Fsp3) is 0.280. The van der Waals surface area contributed by atoms with Crippen LogP contribution in [0.4, 0.5) is 0 Å². The van der Waals surface area contributed by atoms with Crippen molar-refractivity contribution in [2.45, 2.75) is 38.6 Å². The van der Waals surface area contributed by atoms with Gasteiger partial charge in [-0.05, 0) is 41.3 Å². The van der Waals surface area contributed by atoms with Crippen molar-refractivity contribution < 1.29 is 14.6 Å². The van der Waals surface area contributed by atoms with Crippen LogP contribution in [0.5, 0.6) is 11.5 Å². The summed E-state index contributed by atoms with van der Waals surface area (Å²) < 4.78 is 11.8. The Balaban J connectivity index is 1.44. The van der Waals surface area contributed by atoms with E-state index in [0.29, 0.717) is 26.2 Å². The van der Waals surface area contributed by atoms with Gasteiger partial charge in [0, 0.05) is 13.0 Å². The molecule has 0 amide bonds. The van der Waals surface area contributed by atoms with Gasteiger partial charge in [0.1, 0.15) is 6.61 Å². The monoisotopic (exact) mass is 389 g/mol. The molecule has 1 aliphatic rings. The van der Waals surface area contributed by atoms with Crippen LogP contribution in [-0.4, -0.2) is 17.8 Å². The summed E-state index contributed by atoms with van der Waals surface area (Å²) in [6, 6.07) is 24.3. The smallest absolute Gasteiger partial charge is 0.161 e. The topological polar surface area (TPSA) is 50.7 Å². The highest BCUT2D eigenvalue weighted by Gasteiger charge is 2.30. The number of rotatable bonds is 8. The summed E-state index contributed by atoms with van der Waals surface area (Å²) in [4.78, 5) is 0. The Kier molecular flexibility index (Phi) is 6.13. The molecule has 0 saturated heterocycles. The van der Waals surface area contributed by atoms with Gasteiger partial charge in [0.15, 0.2) is 11.5 Å². The molecule has 29 heavy (non-hydrogen) atoms. The number of aliphatic hydroxyl groups is 1. The van der Waals surface area contributed by atoms with Gasteiger partial charge in [0.25, 0.3) is 0 Å². The molecule has 3 aromatic rings. The Bertz CT molecular complexity index is 942. The largest absolute Gasteiger partial charge is 0.490 e. The van der Waals surface area contributed by atoms with Gasteiger partial charge >= 0.3 is 0 Å². The zero-order valence-corrected chi connectivity index (χ0v) is 16.7. The third kappa shape index (κ3) is 4.61. The lowest BCUT2D eigenvalue weighted by Gasteiger charge is -2.19. The van der Waals surface area contributed by atoms with E-state index in [1.807, 2.05) is 67.6 Å². The highest BCUT2D eigenvalue weighted by Crippen LogP contribution is 2.33. The van der Waals surface area contributed by atoms with Crippen LogP contribution in [0.3, 0.4) is 0 Å². The van der Waals surface area contributed by atoms with Gasteiger partial charge in [-0.25, -0.2) is 0 Å². The van der Waals surface area contributed by atoms with Gasteiger partial charge in [-0.2, -0.15) is 0 Å². The quantitative estimate of drug-likeness (QED) is 0.599. The van der Waals surface area contributed by atoms with Crippen molar-refractivity contribution in [2.75, 3.05) is 6.61 Å². The van der Waals surface area contributed by atoms with Crippen molar-refractivity contribution in [1.29, 1.82) is 0 Å². The Morgan fingerprint density at radius 2 is 1.69 bits per heavy atom. The average molecular weight is 389 g/mol. The number of hydrogen-bond acceptors (Lipinski definition) is 4. The Morgan fingerprint density at radius 1 is 0.897 bits per heavy atom. The molecule has 1 aliphatic carbocycles. The molecule has 0 aromatic heterocycles. The lowest BCUT2D eigenvalue weighted by atomic mass is 10.1. The maximum atomic E-state index is 10.4. The van der Waals surface area contributed by atoms with Crippen LogP contribution < -0.4 is 14.8 Å². The van der Waals surface area contributed by atoms with Crippen molar-refractivity contribution in [2.24, 2.45) is 0 Å². The molecule has 0 radical (unpaired) electrons. The van der Waals surface area contributed by atoms with E-state index in [1.165, 1.54) is 11.1 Å². The first-order valence-corrected chi connectivity index (χ1v) is 10.2. The molecule has 0 aliphatic heterocycles. The van der Waals surface area contributed by atoms with Gasteiger partial charge in [0.2, 0.25) is 0 Å². The fourth-order valence-corrected chi connectivity index (χ4v) is 3.83. The molecule has 0 unspecified atom stereocenters. The molecule has 0 bridgehead atoms. The molecule has 2 N–H and O–H groups in total. The molecule has 4 nitrogen and oxygen atoms in total. The summed E-state index contributed by atoms with van der Waals surface area (Å²) in [5.41, 5.74) is 4.62. The van der Waals surface area contributed by atoms with Crippen LogP contribution in [0.15, 0.2) is 72.8 Å². The van der Waals surface area contributed by atoms with Gasteiger partial charge in [-0.3, -0.25) is 0 Å². The normalized spacial score (nSPS) is 17.7. The third-order valence-electron chi connectivity index (χ3n) is 5.28. The summed E-state index contributed by atoms with van der Waals surface area (Å²) in [7, 11) is 0. The van der Waals surface area contributed by atoms with E-state index in [-0.39, 0.29) is 6.04 Å². The number of aliphatic hydroxyl groups excluding tert-OH is 1. The Morgan fingerprint density at radius 3 is 2.52 bits per heavy atom. The number of nitrogens with one attached hydrogen (secondary N) is 1. The van der Waals surface area contributed by atoms with E-state index in [0.717, 1.165) is 22.6 Å². The minimum atomic E-state index is -0.396. The summed E-state index contributed by atoms with van der Waals surface area (Å²) in [6.45, 7) is 3.70. The van der Waals surface area contributed by atoms with E-state index < -0.39 is 6.10 Å². The molecule has 150 valence electrons. The standard InChI is InChI=1S/C25H27NO3/c1-2-28-24-14-19(12-13-23(24)29-17-18-8-4-3-5-9-18)16-26-25-21-11-7-6-10-20(21)15-22(25)27/h3-14,22,25-27H,2,15-17H2,1H3/t22-,25+/m0/s1. The number of ether oxygens (including phenoxy) is 2. The van der Waals surface area contributed by atoms with E-state index in [9.17, 15) is 5.11 Å². The maximum Gasteiger partial charge on any atom is 0.161 e. The second kappa shape index (κ2) is 9.12. The number of fused-ring (bicyclic) bond motifs is 1. The SMILES string of the molecule is CCOc1cc(CN[C@@H]2c3ccccc3C[C@@H]2O)ccc1OCc1ccccc1. The second-order valence-corrected chi connectivity index (χ2v) is 7.32. The Hall–Kier alpha value is -2.82. The van der Waals surface area contributed by atoms with Crippen molar-refractivity contribution in [3.8, 4) is 11.5 Å². The molecular formula is C25H27NO3. The van der Waals surface area contributed by atoms with Gasteiger partial charge < -0.3 is 19.9 Å². The molecule has 4 heteroatoms. The van der Waals surface area contributed by atoms with Crippen molar-refractivity contribution in [3.05, 3.63) is 95.1 Å². The van der Waals surface area contributed by atoms with Crippen LogP contribution in [-0.2, 0) is 19.6 Å². The van der Waals surface area contributed by atoms with E-state index >= 15 is 0 Å². The zero-order valence-electron chi connectivity index (χ0n) is 16.7. The molecule has 3 aromatic carbocycles. The Labute approximate surface area is 172 Å². The first kappa shape index (κ1) is 19.5. The fourth-order valence-electron chi connectivity index (χ4n) is 3.83. The molecule has 2 atom stereocenters. The summed E-state index contributed by atoms with van der Waals surface area (Å²) in [5.74, 6) is 1.49. The molecule has 0 saturated carbocycles. The highest BCUT2D eigenvalue weighted by molar-refractivity contribution is 5.43. The predicted octanol–water partition coefficient (Wildman–Crippen LogP) is 4.41. The van der Waals surface area contributed by atoms with E-state index in [2.05, 4.69) is 17.4 Å². The molecule has 0 fully saturated rings. The average Bonchev–Trinajstić information content (AvgIpc) is 3.07. The van der Waals surface area contributed by atoms with Crippen LogP contribution in [0.25, 0.3) is 0 Å². The molecule has 0 heterocycles. The minimum Gasteiger partial charge on any atom is -0.490 e. The van der Waals surface area contributed by atoms with E-state index in [1.54, 1.807) is 0 Å². The van der Waals surface area contributed by atoms with Crippen LogP contribution in [0.1, 0.15) is 35.2 Å². The van der Waals surface area contributed by atoms with Crippen molar-refractivity contribution in [1.82, 2.24) is 5.32 Å². The van der Waals surface area contributed by atoms with Crippen LogP contribution >= 0.6 is 0 Å². The van der Waals surface area contributed by atoms with E-state index in [4.69, 9.17) is 9.47 Å². The molecule has 0 spiro atoms. The van der Waals surface area contributed by atoms with Crippen LogP contribution in [0.2, 0.25) is 0 Å². The second-order valence-electron chi connectivity index (χ2n) is 7.32.